The summed E-state index contributed by atoms with van der Waals surface area (Å²) in [4.78, 5) is 63.7. The van der Waals surface area contributed by atoms with Crippen molar-refractivity contribution in [3.05, 3.63) is 187 Å². The molecule has 8 aromatic rings. The van der Waals surface area contributed by atoms with E-state index in [0.29, 0.717) is 56.0 Å². The van der Waals surface area contributed by atoms with Crippen LogP contribution in [0, 0.1) is 10.1 Å². The first-order chi connectivity index (χ1) is 43.2. The number of hydrogen-bond acceptors (Lipinski definition) is 9. The van der Waals surface area contributed by atoms with Crippen LogP contribution in [0.2, 0.25) is 0 Å². The van der Waals surface area contributed by atoms with Crippen LogP contribution in [0.25, 0.3) is 66.6 Å². The van der Waals surface area contributed by atoms with Gasteiger partial charge in [0.05, 0.1) is 39.8 Å². The maximum Gasteiger partial charge on any atom is 0.294 e. The minimum absolute atomic E-state index is 0.0273. The molecule has 3 aliphatic heterocycles. The first-order valence-electron chi connectivity index (χ1n) is 33.3. The second-order valence-corrected chi connectivity index (χ2v) is 35.1. The van der Waals surface area contributed by atoms with Crippen LogP contribution in [0.1, 0.15) is 255 Å². The molecule has 11 rings (SSSR count). The van der Waals surface area contributed by atoms with Crippen LogP contribution >= 0.6 is 0 Å². The summed E-state index contributed by atoms with van der Waals surface area (Å²) in [5.74, 6) is -1.41. The molecule has 8 bridgehead atoms. The molecule has 3 aromatic heterocycles. The molecule has 0 saturated carbocycles. The maximum absolute atomic E-state index is 15.9. The van der Waals surface area contributed by atoms with E-state index in [0.717, 1.165) is 77.9 Å². The molecule has 490 valence electrons. The number of nitrogens with zero attached hydrogens (tertiary/aromatic N) is 3. The van der Waals surface area contributed by atoms with E-state index in [1.54, 1.807) is 6.07 Å². The van der Waals surface area contributed by atoms with E-state index in [2.05, 4.69) is 272 Å². The number of nitrogens with two attached hydrogens (primary N) is 1. The number of fused-ring (bicyclic) bond motifs is 12. The number of aromatic nitrogens is 4. The number of benzene rings is 5. The zero-order valence-corrected chi connectivity index (χ0v) is 60.1. The third-order valence-electron chi connectivity index (χ3n) is 19.3. The number of nitro groups is 1. The van der Waals surface area contributed by atoms with Gasteiger partial charge in [0.25, 0.3) is 17.3 Å². The molecule has 3 aliphatic rings. The highest BCUT2D eigenvalue weighted by Gasteiger charge is 2.43. The van der Waals surface area contributed by atoms with Gasteiger partial charge in [-0.25, -0.2) is 4.98 Å². The number of nitrogens with one attached hydrogen (secondary N) is 4. The summed E-state index contributed by atoms with van der Waals surface area (Å²) >= 11 is 0. The number of nitrogen functional groups attached to an aromatic ring is 1. The van der Waals surface area contributed by atoms with E-state index in [-0.39, 0.29) is 66.1 Å². The van der Waals surface area contributed by atoms with E-state index in [1.165, 1.54) is 6.07 Å². The fraction of sp³-hybridized carbons (Fsp3) is 0.415. The summed E-state index contributed by atoms with van der Waals surface area (Å²) in [7, 11) is 0. The summed E-state index contributed by atoms with van der Waals surface area (Å²) in [5, 5.41) is 20.6. The predicted octanol–water partition coefficient (Wildman–Crippen LogP) is 21.2. The van der Waals surface area contributed by atoms with Gasteiger partial charge in [-0.15, -0.1) is 0 Å². The molecule has 0 aliphatic carbocycles. The van der Waals surface area contributed by atoms with Gasteiger partial charge in [0, 0.05) is 50.4 Å². The maximum atomic E-state index is 15.9. The zero-order valence-electron chi connectivity index (χ0n) is 60.1. The number of ketones is 2. The number of anilines is 3. The van der Waals surface area contributed by atoms with Gasteiger partial charge in [-0.3, -0.25) is 24.7 Å². The number of H-pyrrole nitrogens is 2. The van der Waals surface area contributed by atoms with Gasteiger partial charge in [0.2, 0.25) is 0 Å². The van der Waals surface area contributed by atoms with Crippen molar-refractivity contribution in [2.45, 2.75) is 222 Å². The van der Waals surface area contributed by atoms with Crippen molar-refractivity contribution in [3.8, 4) is 44.5 Å². The molecule has 94 heavy (non-hydrogen) atoms. The Morgan fingerprint density at radius 3 is 0.862 bits per heavy atom. The zero-order chi connectivity index (χ0) is 69.0. The lowest BCUT2D eigenvalue weighted by Gasteiger charge is -2.33. The van der Waals surface area contributed by atoms with E-state index in [4.69, 9.17) is 15.7 Å². The molecule has 0 amide bonds. The van der Waals surface area contributed by atoms with Crippen molar-refractivity contribution in [3.63, 3.8) is 0 Å². The molecule has 0 radical (unpaired) electrons. The SMILES string of the molecule is CC(C)(C)c1cc(-c2c3nc(c(-c4cc(C(C)(C)C)cc(C(C)(C)C)c4)c4ccc([nH]4)c(-c4cc(C(C)(C)C)cc(C(C)(C)C)c4)c4nc(c(-c5cc(C(C)(C)C)cc(C(C)(C)C)c5)c5ccc2[nH]5)C2Nc5cc(N)c([N+](=O)[O-])cc5NC42)C(=O)C3=O)cc(C(C)(C)C)c1. The van der Waals surface area contributed by atoms with Crippen molar-refractivity contribution >= 4 is 56.4 Å². The molecule has 12 heteroatoms. The average Bonchev–Trinajstić information content (AvgIpc) is 1.56. The molecule has 0 saturated heterocycles. The van der Waals surface area contributed by atoms with Crippen LogP contribution in [-0.2, 0) is 43.3 Å². The van der Waals surface area contributed by atoms with Crippen molar-refractivity contribution in [1.82, 2.24) is 19.9 Å². The minimum atomic E-state index is -0.707. The van der Waals surface area contributed by atoms with Gasteiger partial charge >= 0.3 is 0 Å². The van der Waals surface area contributed by atoms with Crippen LogP contribution in [0.4, 0.5) is 22.7 Å². The molecular weight excluding hydrogens is 1160 g/mol. The summed E-state index contributed by atoms with van der Waals surface area (Å²) < 4.78 is 0. The van der Waals surface area contributed by atoms with Gasteiger partial charge in [0.1, 0.15) is 17.1 Å². The van der Waals surface area contributed by atoms with Gasteiger partial charge in [0.15, 0.2) is 0 Å². The number of rotatable bonds is 5. The third kappa shape index (κ3) is 12.4. The smallest absolute Gasteiger partial charge is 0.294 e. The van der Waals surface area contributed by atoms with E-state index in [9.17, 15) is 10.1 Å². The molecule has 0 fully saturated rings. The molecular formula is C82H98N8O4. The van der Waals surface area contributed by atoms with E-state index < -0.39 is 28.6 Å². The number of nitro benzene ring substituents is 1. The summed E-state index contributed by atoms with van der Waals surface area (Å²) in [6, 6.07) is 36.9. The molecule has 2 atom stereocenters. The van der Waals surface area contributed by atoms with Gasteiger partial charge < -0.3 is 26.3 Å². The standard InChI is InChI=1S/C82H98N8O4/c1-75(2,3)47-29-43(30-48(37-47)76(4,5)6)63-56-25-27-58(84-56)65(45-33-51(79(13,14)15)39-52(34-45)80(16,17)18)69-73(91)74(92)70(89-69)66(46-35-53(81(19,20)21)40-54(36-46)82(22,23)24)59-28-26-57(85-59)64(44-31-49(77(7,8)9)38-50(32-44)78(10,11)12)68-72-71(67(63)88-68)86-60-41-55(83)62(90(93)94)42-61(60)87-72/h25-42,71-72,84-87H,83H2,1-24H3. The van der Waals surface area contributed by atoms with E-state index >= 15 is 9.59 Å². The second kappa shape index (κ2) is 22.2. The normalized spacial score (nSPS) is 15.8. The predicted molar refractivity (Wildman–Crippen MR) is 391 cm³/mol. The lowest BCUT2D eigenvalue weighted by Crippen LogP contribution is -2.28. The Morgan fingerprint density at radius 1 is 0.362 bits per heavy atom. The van der Waals surface area contributed by atoms with Crippen LogP contribution in [0.15, 0.2) is 109 Å². The quantitative estimate of drug-likeness (QED) is 0.0484. The van der Waals surface area contributed by atoms with Crippen molar-refractivity contribution < 1.29 is 14.5 Å². The molecule has 2 unspecified atom stereocenters. The summed E-state index contributed by atoms with van der Waals surface area (Å²) in [6.45, 7) is 53.1. The molecule has 0 spiro atoms. The Balaban J connectivity index is 1.47. The van der Waals surface area contributed by atoms with Crippen molar-refractivity contribution in [2.24, 2.45) is 0 Å². The monoisotopic (exact) mass is 1260 g/mol. The Labute approximate surface area is 557 Å². The molecule has 5 aromatic carbocycles. The summed E-state index contributed by atoms with van der Waals surface area (Å²) in [5.41, 5.74) is 23.7. The van der Waals surface area contributed by atoms with Crippen LogP contribution in [0.3, 0.4) is 0 Å². The average molecular weight is 1260 g/mol. The van der Waals surface area contributed by atoms with Gasteiger partial charge in [-0.1, -0.05) is 239 Å². The van der Waals surface area contributed by atoms with Gasteiger partial charge in [-0.05, 0) is 140 Å². The fourth-order valence-electron chi connectivity index (χ4n) is 13.1. The number of aromatic amines is 2. The highest BCUT2D eigenvalue weighted by atomic mass is 16.6. The first-order valence-corrected chi connectivity index (χ1v) is 33.3. The number of carbonyl (C=O) groups is 2. The van der Waals surface area contributed by atoms with Crippen molar-refractivity contribution in [1.29, 1.82) is 0 Å². The Hall–Kier alpha value is -8.64. The minimum Gasteiger partial charge on any atom is -0.393 e. The highest BCUT2D eigenvalue weighted by Crippen LogP contribution is 2.53. The summed E-state index contributed by atoms with van der Waals surface area (Å²) in [6.07, 6.45) is 0. The molecule has 12 nitrogen and oxygen atoms in total. The first kappa shape index (κ1) is 66.8. The van der Waals surface area contributed by atoms with Crippen molar-refractivity contribution in [2.75, 3.05) is 16.4 Å². The van der Waals surface area contributed by atoms with Gasteiger partial charge in [-0.2, -0.15) is 0 Å². The second-order valence-electron chi connectivity index (χ2n) is 35.1. The number of hydrogen-bond donors (Lipinski definition) is 5. The van der Waals surface area contributed by atoms with Crippen LogP contribution in [-0.4, -0.2) is 36.4 Å². The number of carbonyl (C=O) groups excluding carboxylic acids is 2. The Bertz CT molecular complexity index is 4540. The fourth-order valence-corrected chi connectivity index (χ4v) is 13.1. The lowest BCUT2D eigenvalue weighted by molar-refractivity contribution is -0.383. The highest BCUT2D eigenvalue weighted by molar-refractivity contribution is 6.52. The lowest BCUT2D eigenvalue weighted by atomic mass is 9.78. The molecule has 6 heterocycles. The largest absolute Gasteiger partial charge is 0.393 e. The van der Waals surface area contributed by atoms with Crippen LogP contribution in [0.5, 0.6) is 0 Å². The molecule has 6 N–H and O–H groups in total. The topological polar surface area (TPSA) is 185 Å². The third-order valence-corrected chi connectivity index (χ3v) is 19.3. The van der Waals surface area contributed by atoms with Crippen LogP contribution < -0.4 is 16.4 Å². The Morgan fingerprint density at radius 2 is 0.606 bits per heavy atom. The number of Topliss-reactive ketones (excluding diaryl/α,β-unsaturated/α-hetero) is 2. The Kier molecular flexibility index (Phi) is 15.8. The van der Waals surface area contributed by atoms with E-state index in [1.807, 2.05) is 12.1 Å².